The van der Waals surface area contributed by atoms with Crippen LogP contribution in [-0.4, -0.2) is 39.6 Å². The highest BCUT2D eigenvalue weighted by Gasteiger charge is 2.35. The Morgan fingerprint density at radius 1 is 1.50 bits per heavy atom. The van der Waals surface area contributed by atoms with E-state index in [2.05, 4.69) is 0 Å². The van der Waals surface area contributed by atoms with Crippen molar-refractivity contribution in [3.63, 3.8) is 0 Å². The fourth-order valence-corrected chi connectivity index (χ4v) is 3.55. The van der Waals surface area contributed by atoms with Gasteiger partial charge in [0.05, 0.1) is 11.4 Å². The third-order valence-electron chi connectivity index (χ3n) is 2.51. The normalized spacial score (nSPS) is 20.1. The predicted molar refractivity (Wildman–Crippen MR) is 64.0 cm³/mol. The Bertz CT molecular complexity index is 429. The molecule has 1 N–H and O–H groups in total. The Hall–Kier alpha value is -1.01. The number of thiophene rings is 1. The molecular formula is C10H11NO3S2. The molecule has 2 rings (SSSR count). The summed E-state index contributed by atoms with van der Waals surface area (Å²) in [5.41, 5.74) is 1.54. The smallest absolute Gasteiger partial charge is 0.327 e. The highest BCUT2D eigenvalue weighted by atomic mass is 32.2. The number of rotatable bonds is 2. The van der Waals surface area contributed by atoms with Crippen LogP contribution in [0.2, 0.25) is 0 Å². The summed E-state index contributed by atoms with van der Waals surface area (Å²) in [6.07, 6.45) is 0. The van der Waals surface area contributed by atoms with E-state index in [1.54, 1.807) is 5.38 Å². The van der Waals surface area contributed by atoms with Crippen LogP contribution in [0.25, 0.3) is 0 Å². The van der Waals surface area contributed by atoms with Gasteiger partial charge in [0.2, 0.25) is 0 Å². The van der Waals surface area contributed by atoms with Gasteiger partial charge in [-0.05, 0) is 17.9 Å². The zero-order valence-corrected chi connectivity index (χ0v) is 10.3. The van der Waals surface area contributed by atoms with Crippen LogP contribution in [0, 0.1) is 6.92 Å². The molecule has 2 heterocycles. The van der Waals surface area contributed by atoms with Crippen molar-refractivity contribution in [3.05, 3.63) is 21.9 Å². The van der Waals surface area contributed by atoms with E-state index in [1.807, 2.05) is 12.3 Å². The monoisotopic (exact) mass is 257 g/mol. The molecule has 6 heteroatoms. The van der Waals surface area contributed by atoms with Crippen LogP contribution in [0.3, 0.4) is 0 Å². The molecule has 86 valence electrons. The number of amides is 1. The first-order valence-electron chi connectivity index (χ1n) is 4.75. The topological polar surface area (TPSA) is 57.6 Å². The predicted octanol–water partition coefficient (Wildman–Crippen LogP) is 1.66. The minimum atomic E-state index is -0.925. The molecule has 4 nitrogen and oxygen atoms in total. The molecule has 1 saturated heterocycles. The number of hydrogen-bond acceptors (Lipinski definition) is 4. The molecule has 16 heavy (non-hydrogen) atoms. The van der Waals surface area contributed by atoms with Gasteiger partial charge in [0.15, 0.2) is 0 Å². The summed E-state index contributed by atoms with van der Waals surface area (Å²) in [6, 6.07) is -0.684. The van der Waals surface area contributed by atoms with Crippen LogP contribution < -0.4 is 0 Å². The molecule has 0 unspecified atom stereocenters. The number of carbonyl (C=O) groups excluding carboxylic acids is 1. The minimum absolute atomic E-state index is 0.170. The first-order valence-corrected chi connectivity index (χ1v) is 6.85. The van der Waals surface area contributed by atoms with Crippen LogP contribution in [0.4, 0.5) is 0 Å². The molecule has 1 aliphatic rings. The van der Waals surface area contributed by atoms with Gasteiger partial charge in [-0.15, -0.1) is 11.8 Å². The number of aryl methyl sites for hydroxylation is 1. The van der Waals surface area contributed by atoms with Gasteiger partial charge in [0, 0.05) is 11.1 Å². The second kappa shape index (κ2) is 4.47. The maximum absolute atomic E-state index is 12.1. The van der Waals surface area contributed by atoms with Gasteiger partial charge in [0.25, 0.3) is 5.91 Å². The number of carboxylic acids is 1. The Morgan fingerprint density at radius 3 is 2.81 bits per heavy atom. The Morgan fingerprint density at radius 2 is 2.25 bits per heavy atom. The van der Waals surface area contributed by atoms with Gasteiger partial charge in [0.1, 0.15) is 6.04 Å². The second-order valence-electron chi connectivity index (χ2n) is 3.60. The van der Waals surface area contributed by atoms with Gasteiger partial charge in [-0.25, -0.2) is 4.79 Å². The van der Waals surface area contributed by atoms with Gasteiger partial charge >= 0.3 is 5.97 Å². The van der Waals surface area contributed by atoms with E-state index in [1.165, 1.54) is 28.0 Å². The number of carbonyl (C=O) groups is 2. The highest BCUT2D eigenvalue weighted by molar-refractivity contribution is 7.99. The average Bonchev–Trinajstić information content (AvgIpc) is 2.84. The lowest BCUT2D eigenvalue weighted by atomic mass is 10.2. The standard InChI is InChI=1S/C10H11NO3S2/c1-6-2-15-3-7(6)9(12)11-5-16-4-8(11)10(13)14/h2-3,8H,4-5H2,1H3,(H,13,14)/t8-/m0/s1. The molecular weight excluding hydrogens is 246 g/mol. The van der Waals surface area contributed by atoms with E-state index in [0.717, 1.165) is 5.56 Å². The summed E-state index contributed by atoms with van der Waals surface area (Å²) in [6.45, 7) is 1.86. The van der Waals surface area contributed by atoms with Crippen LogP contribution in [-0.2, 0) is 4.79 Å². The van der Waals surface area contributed by atoms with Crippen molar-refractivity contribution in [2.24, 2.45) is 0 Å². The zero-order valence-electron chi connectivity index (χ0n) is 8.67. The summed E-state index contributed by atoms with van der Waals surface area (Å²) in [5, 5.41) is 12.7. The summed E-state index contributed by atoms with van der Waals surface area (Å²) >= 11 is 2.94. The lowest BCUT2D eigenvalue weighted by Gasteiger charge is -2.20. The van der Waals surface area contributed by atoms with E-state index >= 15 is 0 Å². The Balaban J connectivity index is 2.22. The van der Waals surface area contributed by atoms with Crippen molar-refractivity contribution in [3.8, 4) is 0 Å². The van der Waals surface area contributed by atoms with Gasteiger partial charge < -0.3 is 10.0 Å². The maximum Gasteiger partial charge on any atom is 0.327 e. The molecule has 1 amide bonds. The van der Waals surface area contributed by atoms with Gasteiger partial charge in [-0.1, -0.05) is 0 Å². The molecule has 1 fully saturated rings. The van der Waals surface area contributed by atoms with Crippen LogP contribution in [0.1, 0.15) is 15.9 Å². The third kappa shape index (κ3) is 1.94. The molecule has 1 aromatic heterocycles. The Kier molecular flexibility index (Phi) is 3.20. The lowest BCUT2D eigenvalue weighted by molar-refractivity contribution is -0.140. The first kappa shape index (κ1) is 11.5. The fraction of sp³-hybridized carbons (Fsp3) is 0.400. The van der Waals surface area contributed by atoms with Gasteiger partial charge in [-0.2, -0.15) is 11.3 Å². The number of nitrogens with zero attached hydrogens (tertiary/aromatic N) is 1. The number of carboxylic acid groups (broad SMARTS) is 1. The van der Waals surface area contributed by atoms with Crippen molar-refractivity contribution in [1.29, 1.82) is 0 Å². The van der Waals surface area contributed by atoms with E-state index in [0.29, 0.717) is 17.2 Å². The third-order valence-corrected chi connectivity index (χ3v) is 4.39. The quantitative estimate of drug-likeness (QED) is 0.875. The largest absolute Gasteiger partial charge is 0.480 e. The summed E-state index contributed by atoms with van der Waals surface area (Å²) in [5.74, 6) is -0.155. The molecule has 1 aromatic rings. The summed E-state index contributed by atoms with van der Waals surface area (Å²) in [4.78, 5) is 24.5. The summed E-state index contributed by atoms with van der Waals surface area (Å²) < 4.78 is 0. The number of thioether (sulfide) groups is 1. The SMILES string of the molecule is Cc1cscc1C(=O)N1CSC[C@H]1C(=O)O. The minimum Gasteiger partial charge on any atom is -0.480 e. The molecule has 0 aromatic carbocycles. The molecule has 1 atom stereocenters. The number of hydrogen-bond donors (Lipinski definition) is 1. The van der Waals surface area contributed by atoms with Crippen LogP contribution >= 0.6 is 23.1 Å². The van der Waals surface area contributed by atoms with Gasteiger partial charge in [-0.3, -0.25) is 4.79 Å². The van der Waals surface area contributed by atoms with E-state index in [4.69, 9.17) is 5.11 Å². The van der Waals surface area contributed by atoms with Crippen LogP contribution in [0.15, 0.2) is 10.8 Å². The zero-order chi connectivity index (χ0) is 11.7. The van der Waals surface area contributed by atoms with Crippen molar-refractivity contribution < 1.29 is 14.7 Å². The number of aliphatic carboxylic acids is 1. The molecule has 0 aliphatic carbocycles. The van der Waals surface area contributed by atoms with E-state index < -0.39 is 12.0 Å². The highest BCUT2D eigenvalue weighted by Crippen LogP contribution is 2.25. The van der Waals surface area contributed by atoms with Crippen LogP contribution in [0.5, 0.6) is 0 Å². The molecule has 0 saturated carbocycles. The van der Waals surface area contributed by atoms with Crippen molar-refractivity contribution in [2.45, 2.75) is 13.0 Å². The van der Waals surface area contributed by atoms with Crippen molar-refractivity contribution >= 4 is 35.0 Å². The molecule has 0 spiro atoms. The average molecular weight is 257 g/mol. The lowest BCUT2D eigenvalue weighted by Crippen LogP contribution is -2.41. The fourth-order valence-electron chi connectivity index (χ4n) is 1.58. The second-order valence-corrected chi connectivity index (χ2v) is 5.34. The van der Waals surface area contributed by atoms with Crippen molar-refractivity contribution in [1.82, 2.24) is 4.90 Å². The first-order chi connectivity index (χ1) is 7.61. The van der Waals surface area contributed by atoms with E-state index in [9.17, 15) is 9.59 Å². The van der Waals surface area contributed by atoms with E-state index in [-0.39, 0.29) is 5.91 Å². The maximum atomic E-state index is 12.1. The Labute approximate surface area is 101 Å². The van der Waals surface area contributed by atoms with Crippen molar-refractivity contribution in [2.75, 3.05) is 11.6 Å². The molecule has 0 bridgehead atoms. The molecule has 1 aliphatic heterocycles. The summed E-state index contributed by atoms with van der Waals surface area (Å²) in [7, 11) is 0. The molecule has 0 radical (unpaired) electrons.